The fourth-order valence-corrected chi connectivity index (χ4v) is 6.25. The molecule has 194 valence electrons. The van der Waals surface area contributed by atoms with Crippen LogP contribution in [0.1, 0.15) is 42.1 Å². The van der Waals surface area contributed by atoms with Gasteiger partial charge in [0.05, 0.1) is 23.3 Å². The lowest BCUT2D eigenvalue weighted by atomic mass is 9.51. The Morgan fingerprint density at radius 1 is 1.19 bits per heavy atom. The highest BCUT2D eigenvalue weighted by molar-refractivity contribution is 6.20. The third-order valence-corrected chi connectivity index (χ3v) is 7.82. The van der Waals surface area contributed by atoms with Crippen LogP contribution in [-0.4, -0.2) is 80.8 Å². The van der Waals surface area contributed by atoms with Crippen molar-refractivity contribution in [3.63, 3.8) is 0 Å². The summed E-state index contributed by atoms with van der Waals surface area (Å²) in [5.41, 5.74) is 2.14. The molecule has 1 saturated carbocycles. The maximum atomic E-state index is 13.9. The number of hydrogen-bond donors (Lipinski definition) is 7. The molecule has 5 unspecified atom stereocenters. The summed E-state index contributed by atoms with van der Waals surface area (Å²) in [6, 6.07) is 1.49. The maximum absolute atomic E-state index is 13.9. The van der Waals surface area contributed by atoms with Crippen LogP contribution in [0.15, 0.2) is 17.4 Å². The quantitative estimate of drug-likeness (QED) is 0.204. The van der Waals surface area contributed by atoms with E-state index in [1.807, 2.05) is 0 Å². The van der Waals surface area contributed by atoms with Crippen molar-refractivity contribution in [1.82, 2.24) is 0 Å². The van der Waals surface area contributed by atoms with E-state index in [2.05, 4.69) is 5.32 Å². The van der Waals surface area contributed by atoms with E-state index >= 15 is 0 Å². The molecule has 3 aliphatic carbocycles. The Morgan fingerprint density at radius 3 is 2.33 bits per heavy atom. The number of carbonyl (C=O) groups excluding carboxylic acids is 4. The molecule has 4 rings (SSSR count). The highest BCUT2D eigenvalue weighted by Crippen LogP contribution is 2.58. The number of primary amides is 1. The normalized spacial score (nSPS) is 33.4. The zero-order valence-corrected chi connectivity index (χ0v) is 20.1. The largest absolute Gasteiger partial charge is 0.508 e. The number of phenolic OH excluding ortho intramolecular Hbond substituents is 1. The smallest absolute Gasteiger partial charge is 0.255 e. The van der Waals surface area contributed by atoms with Gasteiger partial charge in [-0.05, 0) is 17.5 Å². The predicted octanol–water partition coefficient (Wildman–Crippen LogP) is -0.698. The van der Waals surface area contributed by atoms with Crippen LogP contribution in [-0.2, 0) is 14.4 Å². The molecule has 7 atom stereocenters. The Morgan fingerprint density at radius 2 is 1.81 bits per heavy atom. The van der Waals surface area contributed by atoms with Crippen LogP contribution >= 0.6 is 0 Å². The van der Waals surface area contributed by atoms with Crippen molar-refractivity contribution in [1.29, 1.82) is 0 Å². The van der Waals surface area contributed by atoms with Crippen LogP contribution in [0.3, 0.4) is 0 Å². The van der Waals surface area contributed by atoms with E-state index in [1.54, 1.807) is 25.9 Å². The van der Waals surface area contributed by atoms with Crippen LogP contribution in [0.4, 0.5) is 11.4 Å². The summed E-state index contributed by atoms with van der Waals surface area (Å²) in [7, 11) is 3.37. The van der Waals surface area contributed by atoms with Gasteiger partial charge in [-0.25, -0.2) is 0 Å². The zero-order chi connectivity index (χ0) is 27.0. The molecule has 36 heavy (non-hydrogen) atoms. The highest BCUT2D eigenvalue weighted by Gasteiger charge is 2.67. The Kier molecular flexibility index (Phi) is 5.90. The van der Waals surface area contributed by atoms with Crippen molar-refractivity contribution in [2.45, 2.75) is 44.0 Å². The van der Waals surface area contributed by atoms with Crippen molar-refractivity contribution in [3.8, 4) is 5.75 Å². The van der Waals surface area contributed by atoms with Gasteiger partial charge in [-0.2, -0.15) is 0 Å². The van der Waals surface area contributed by atoms with Crippen molar-refractivity contribution in [3.05, 3.63) is 28.5 Å². The average molecular weight is 504 g/mol. The molecule has 1 fully saturated rings. The number of ketones is 2. The Bertz CT molecular complexity index is 1240. The summed E-state index contributed by atoms with van der Waals surface area (Å²) in [6.45, 7) is 2.89. The van der Waals surface area contributed by atoms with Gasteiger partial charge in [0.1, 0.15) is 23.2 Å². The van der Waals surface area contributed by atoms with Gasteiger partial charge < -0.3 is 41.5 Å². The molecule has 12 heteroatoms. The average Bonchev–Trinajstić information content (AvgIpc) is 2.77. The third kappa shape index (κ3) is 3.25. The van der Waals surface area contributed by atoms with Crippen LogP contribution in [0, 0.1) is 17.8 Å². The molecule has 1 aromatic carbocycles. The number of amides is 2. The Labute approximate surface area is 206 Å². The zero-order valence-electron chi connectivity index (χ0n) is 20.1. The molecule has 12 nitrogen and oxygen atoms in total. The van der Waals surface area contributed by atoms with Gasteiger partial charge in [-0.1, -0.05) is 6.92 Å². The van der Waals surface area contributed by atoms with E-state index < -0.39 is 88.4 Å². The summed E-state index contributed by atoms with van der Waals surface area (Å²) >= 11 is 0. The molecular formula is C24H29N3O9. The number of carbonyl (C=O) groups is 4. The van der Waals surface area contributed by atoms with Gasteiger partial charge in [-0.15, -0.1) is 0 Å². The molecule has 2 amide bonds. The number of benzene rings is 1. The second-order valence-electron chi connectivity index (χ2n) is 9.99. The second kappa shape index (κ2) is 8.29. The number of nitrogens with two attached hydrogens (primary N) is 1. The SMILES string of the molecule is CC(=O)Nc1cc(N(C)C)c2c(c1O)C(=O)C1C([C@H](O)C3CC(=O)C(C(N)=O)=C(O)C3(O)C1O)[C@H]2C. The number of nitrogens with zero attached hydrogens (tertiary/aromatic N) is 1. The fourth-order valence-electron chi connectivity index (χ4n) is 6.25. The fraction of sp³-hybridized carbons (Fsp3) is 0.500. The number of aliphatic hydroxyl groups excluding tert-OH is 3. The number of nitrogens with one attached hydrogen (secondary N) is 1. The Balaban J connectivity index is 1.98. The number of aromatic hydroxyl groups is 1. The van der Waals surface area contributed by atoms with Crippen LogP contribution in [0.5, 0.6) is 5.75 Å². The lowest BCUT2D eigenvalue weighted by molar-refractivity contribution is -0.209. The van der Waals surface area contributed by atoms with Crippen molar-refractivity contribution < 1.29 is 44.7 Å². The molecule has 3 aliphatic rings. The molecule has 1 aromatic rings. The highest BCUT2D eigenvalue weighted by atomic mass is 16.4. The number of Topliss-reactive ketones (excluding diaryl/α,β-unsaturated/α-hetero) is 2. The van der Waals surface area contributed by atoms with Crippen molar-refractivity contribution >= 4 is 34.8 Å². The summed E-state index contributed by atoms with van der Waals surface area (Å²) < 4.78 is 0. The molecule has 8 N–H and O–H groups in total. The first-order valence-electron chi connectivity index (χ1n) is 11.4. The first-order chi connectivity index (χ1) is 16.7. The topological polar surface area (TPSA) is 211 Å². The van der Waals surface area contributed by atoms with E-state index in [0.717, 1.165) is 0 Å². The summed E-state index contributed by atoms with van der Waals surface area (Å²) in [5.74, 6) is -10.0. The molecule has 0 aromatic heterocycles. The lowest BCUT2D eigenvalue weighted by Gasteiger charge is -2.56. The van der Waals surface area contributed by atoms with E-state index in [-0.39, 0.29) is 11.3 Å². The molecule has 0 bridgehead atoms. The van der Waals surface area contributed by atoms with Gasteiger partial charge in [0.25, 0.3) is 5.91 Å². The third-order valence-electron chi connectivity index (χ3n) is 7.82. The van der Waals surface area contributed by atoms with Gasteiger partial charge in [0.2, 0.25) is 5.91 Å². The molecule has 0 spiro atoms. The van der Waals surface area contributed by atoms with Crippen LogP contribution < -0.4 is 16.0 Å². The number of fused-ring (bicyclic) bond motifs is 3. The number of hydrogen-bond acceptors (Lipinski definition) is 10. The molecule has 0 aliphatic heterocycles. The lowest BCUT2D eigenvalue weighted by Crippen LogP contribution is -2.69. The van der Waals surface area contributed by atoms with E-state index in [9.17, 15) is 44.7 Å². The number of phenols is 1. The summed E-state index contributed by atoms with van der Waals surface area (Å²) in [5, 5.41) is 58.3. The van der Waals surface area contributed by atoms with Crippen molar-refractivity contribution in [2.75, 3.05) is 24.3 Å². The maximum Gasteiger partial charge on any atom is 0.255 e. The van der Waals surface area contributed by atoms with E-state index in [1.165, 1.54) is 13.0 Å². The van der Waals surface area contributed by atoms with Crippen molar-refractivity contribution in [2.24, 2.45) is 23.5 Å². The molecule has 0 saturated heterocycles. The summed E-state index contributed by atoms with van der Waals surface area (Å²) in [4.78, 5) is 51.6. The molecule has 0 heterocycles. The van der Waals surface area contributed by atoms with Gasteiger partial charge >= 0.3 is 0 Å². The monoisotopic (exact) mass is 503 g/mol. The first-order valence-corrected chi connectivity index (χ1v) is 11.4. The minimum atomic E-state index is -2.72. The molecule has 0 radical (unpaired) electrons. The molecular weight excluding hydrogens is 474 g/mol. The number of anilines is 2. The van der Waals surface area contributed by atoms with Crippen LogP contribution in [0.2, 0.25) is 0 Å². The minimum Gasteiger partial charge on any atom is -0.508 e. The predicted molar refractivity (Wildman–Crippen MR) is 125 cm³/mol. The Hall–Kier alpha value is -3.48. The summed E-state index contributed by atoms with van der Waals surface area (Å²) in [6.07, 6.45) is -4.22. The van der Waals surface area contributed by atoms with Gasteiger partial charge in [0, 0.05) is 45.0 Å². The minimum absolute atomic E-state index is 0.0478. The standard InChI is InChI=1S/C24H29N3O9/c1-7-13-11(27(3)4)6-10(26-8(2)28)19(31)16(13)20(32)17-14(7)18(30)9-5-12(29)15(23(25)35)21(33)24(9,36)22(17)34/h6-7,9,14,17-18,22,30-31,33-34,36H,5H2,1-4H3,(H2,25,35)(H,26,28)/t7-,9?,14?,17?,18+,22?,24?/m0/s1. The van der Waals surface area contributed by atoms with Crippen LogP contribution in [0.25, 0.3) is 0 Å². The van der Waals surface area contributed by atoms with E-state index in [0.29, 0.717) is 11.3 Å². The first kappa shape index (κ1) is 25.6. The second-order valence-corrected chi connectivity index (χ2v) is 9.99. The van der Waals surface area contributed by atoms with Gasteiger partial charge in [-0.3, -0.25) is 19.2 Å². The van der Waals surface area contributed by atoms with Gasteiger partial charge in [0.15, 0.2) is 17.2 Å². The van der Waals surface area contributed by atoms with E-state index in [4.69, 9.17) is 5.73 Å². The number of rotatable bonds is 3. The number of aliphatic hydroxyl groups is 4.